The molecular formula is C32H61O8P. The van der Waals surface area contributed by atoms with Crippen molar-refractivity contribution in [3.05, 3.63) is 12.2 Å². The van der Waals surface area contributed by atoms with Crippen LogP contribution in [0.2, 0.25) is 0 Å². The Morgan fingerprint density at radius 1 is 0.610 bits per heavy atom. The van der Waals surface area contributed by atoms with E-state index in [4.69, 9.17) is 19.3 Å². The normalized spacial score (nSPS) is 12.6. The SMILES string of the molecule is CCCCC/C=C\CCCCCCCC(=O)OC(COC(=O)CCCCCCCCCCCCC)COP(=O)(O)O. The average Bonchev–Trinajstić information content (AvgIpc) is 2.93. The van der Waals surface area contributed by atoms with Crippen molar-refractivity contribution < 1.29 is 37.9 Å². The van der Waals surface area contributed by atoms with Gasteiger partial charge in [-0.15, -0.1) is 0 Å². The molecule has 0 fully saturated rings. The van der Waals surface area contributed by atoms with E-state index >= 15 is 0 Å². The number of carbonyl (C=O) groups is 2. The van der Waals surface area contributed by atoms with Gasteiger partial charge in [-0.05, 0) is 38.5 Å². The third-order valence-electron chi connectivity index (χ3n) is 7.03. The second kappa shape index (κ2) is 28.9. The molecule has 8 nitrogen and oxygen atoms in total. The second-order valence-electron chi connectivity index (χ2n) is 11.1. The number of unbranched alkanes of at least 4 members (excludes halogenated alkanes) is 18. The first kappa shape index (κ1) is 39.8. The van der Waals surface area contributed by atoms with Gasteiger partial charge in [0.2, 0.25) is 0 Å². The highest BCUT2D eigenvalue weighted by Crippen LogP contribution is 2.35. The summed E-state index contributed by atoms with van der Waals surface area (Å²) in [5.74, 6) is -0.894. The van der Waals surface area contributed by atoms with E-state index < -0.39 is 32.5 Å². The summed E-state index contributed by atoms with van der Waals surface area (Å²) >= 11 is 0. The summed E-state index contributed by atoms with van der Waals surface area (Å²) in [6.07, 6.45) is 27.9. The first-order valence-electron chi connectivity index (χ1n) is 16.5. The molecule has 0 aromatic rings. The minimum absolute atomic E-state index is 0.205. The van der Waals surface area contributed by atoms with Gasteiger partial charge in [0.15, 0.2) is 6.10 Å². The summed E-state index contributed by atoms with van der Waals surface area (Å²) in [5.41, 5.74) is 0. The van der Waals surface area contributed by atoms with Crippen LogP contribution >= 0.6 is 7.82 Å². The Balaban J connectivity index is 4.03. The first-order valence-corrected chi connectivity index (χ1v) is 18.0. The van der Waals surface area contributed by atoms with Crippen molar-refractivity contribution in [3.8, 4) is 0 Å². The predicted octanol–water partition coefficient (Wildman–Crippen LogP) is 9.12. The molecule has 0 amide bonds. The molecule has 242 valence electrons. The second-order valence-corrected chi connectivity index (χ2v) is 12.4. The van der Waals surface area contributed by atoms with Crippen molar-refractivity contribution in [2.45, 2.75) is 168 Å². The summed E-state index contributed by atoms with van der Waals surface area (Å²) < 4.78 is 26.1. The number of hydrogen-bond donors (Lipinski definition) is 2. The number of carbonyl (C=O) groups excluding carboxylic acids is 2. The van der Waals surface area contributed by atoms with Gasteiger partial charge in [0.05, 0.1) is 6.61 Å². The van der Waals surface area contributed by atoms with Crippen molar-refractivity contribution in [1.29, 1.82) is 0 Å². The summed E-state index contributed by atoms with van der Waals surface area (Å²) in [6.45, 7) is 3.62. The number of phosphoric acid groups is 1. The Bertz CT molecular complexity index is 691. The van der Waals surface area contributed by atoms with E-state index in [0.717, 1.165) is 57.8 Å². The van der Waals surface area contributed by atoms with E-state index in [1.54, 1.807) is 0 Å². The van der Waals surface area contributed by atoms with Crippen LogP contribution < -0.4 is 0 Å². The fraction of sp³-hybridized carbons (Fsp3) is 0.875. The van der Waals surface area contributed by atoms with Gasteiger partial charge in [0.1, 0.15) is 6.61 Å². The fourth-order valence-corrected chi connectivity index (χ4v) is 4.90. The van der Waals surface area contributed by atoms with E-state index in [0.29, 0.717) is 6.42 Å². The molecule has 0 rings (SSSR count). The van der Waals surface area contributed by atoms with Gasteiger partial charge < -0.3 is 19.3 Å². The molecule has 1 unspecified atom stereocenters. The Morgan fingerprint density at radius 2 is 1.02 bits per heavy atom. The van der Waals surface area contributed by atoms with E-state index in [2.05, 4.69) is 30.5 Å². The molecular weight excluding hydrogens is 543 g/mol. The van der Waals surface area contributed by atoms with Crippen LogP contribution in [0.5, 0.6) is 0 Å². The van der Waals surface area contributed by atoms with Crippen LogP contribution in [-0.2, 0) is 28.2 Å². The monoisotopic (exact) mass is 604 g/mol. The standard InChI is InChI=1S/C32H61O8P/c1-3-5-7-9-11-13-15-17-19-21-23-25-27-32(34)40-30(29-39-41(35,36)37)28-38-31(33)26-24-22-20-18-16-14-12-10-8-6-4-2/h11,13,30H,3-10,12,14-29H2,1-2H3,(H2,35,36,37)/b13-11-. The van der Waals surface area contributed by atoms with E-state index in [1.807, 2.05) is 0 Å². The highest BCUT2D eigenvalue weighted by molar-refractivity contribution is 7.46. The van der Waals surface area contributed by atoms with Crippen molar-refractivity contribution in [1.82, 2.24) is 0 Å². The minimum atomic E-state index is -4.74. The molecule has 0 heterocycles. The smallest absolute Gasteiger partial charge is 0.462 e. The molecule has 0 aromatic carbocycles. The zero-order chi connectivity index (χ0) is 30.4. The molecule has 0 aromatic heterocycles. The van der Waals surface area contributed by atoms with Crippen LogP contribution in [0.4, 0.5) is 0 Å². The average molecular weight is 605 g/mol. The lowest BCUT2D eigenvalue weighted by molar-refractivity contribution is -0.161. The zero-order valence-corrected chi connectivity index (χ0v) is 27.1. The van der Waals surface area contributed by atoms with E-state index in [1.165, 1.54) is 70.6 Å². The van der Waals surface area contributed by atoms with E-state index in [9.17, 15) is 14.2 Å². The van der Waals surface area contributed by atoms with Crippen LogP contribution in [0.3, 0.4) is 0 Å². The molecule has 0 saturated heterocycles. The lowest BCUT2D eigenvalue weighted by atomic mass is 10.1. The molecule has 2 N–H and O–H groups in total. The molecule has 9 heteroatoms. The Hall–Kier alpha value is -1.21. The predicted molar refractivity (Wildman–Crippen MR) is 166 cm³/mol. The van der Waals surface area contributed by atoms with Crippen molar-refractivity contribution in [2.24, 2.45) is 0 Å². The van der Waals surface area contributed by atoms with Gasteiger partial charge in [0.25, 0.3) is 0 Å². The van der Waals surface area contributed by atoms with Crippen LogP contribution in [0.15, 0.2) is 12.2 Å². The number of phosphoric ester groups is 1. The van der Waals surface area contributed by atoms with Gasteiger partial charge in [-0.2, -0.15) is 0 Å². The minimum Gasteiger partial charge on any atom is -0.462 e. The number of hydrogen-bond acceptors (Lipinski definition) is 6. The van der Waals surface area contributed by atoms with Gasteiger partial charge in [-0.1, -0.05) is 122 Å². The fourth-order valence-electron chi connectivity index (χ4n) is 4.54. The van der Waals surface area contributed by atoms with Crippen LogP contribution in [0.25, 0.3) is 0 Å². The summed E-state index contributed by atoms with van der Waals surface area (Å²) in [6, 6.07) is 0. The highest BCUT2D eigenvalue weighted by atomic mass is 31.2. The van der Waals surface area contributed by atoms with Crippen LogP contribution in [0.1, 0.15) is 162 Å². The highest BCUT2D eigenvalue weighted by Gasteiger charge is 2.22. The molecule has 1 atom stereocenters. The molecule has 0 aliphatic carbocycles. The number of allylic oxidation sites excluding steroid dienone is 2. The van der Waals surface area contributed by atoms with Gasteiger partial charge in [0, 0.05) is 12.8 Å². The molecule has 0 aliphatic heterocycles. The van der Waals surface area contributed by atoms with Crippen molar-refractivity contribution in [3.63, 3.8) is 0 Å². The Morgan fingerprint density at radius 3 is 1.54 bits per heavy atom. The van der Waals surface area contributed by atoms with Gasteiger partial charge >= 0.3 is 19.8 Å². The van der Waals surface area contributed by atoms with Crippen LogP contribution in [-0.4, -0.2) is 41.0 Å². The molecule has 0 spiro atoms. The zero-order valence-electron chi connectivity index (χ0n) is 26.2. The van der Waals surface area contributed by atoms with Gasteiger partial charge in [-0.25, -0.2) is 4.57 Å². The maximum absolute atomic E-state index is 12.3. The number of ether oxygens (including phenoxy) is 2. The quantitative estimate of drug-likeness (QED) is 0.0360. The lowest BCUT2D eigenvalue weighted by Crippen LogP contribution is -2.29. The summed E-state index contributed by atoms with van der Waals surface area (Å²) in [4.78, 5) is 42.4. The molecule has 0 radical (unpaired) electrons. The third-order valence-corrected chi connectivity index (χ3v) is 7.52. The topological polar surface area (TPSA) is 119 Å². The van der Waals surface area contributed by atoms with Crippen molar-refractivity contribution in [2.75, 3.05) is 13.2 Å². The Labute approximate surface area is 250 Å². The number of rotatable bonds is 30. The Kier molecular flexibility index (Phi) is 28.0. The molecule has 0 saturated carbocycles. The van der Waals surface area contributed by atoms with Gasteiger partial charge in [-0.3, -0.25) is 14.1 Å². The maximum Gasteiger partial charge on any atom is 0.469 e. The summed E-state index contributed by atoms with van der Waals surface area (Å²) in [7, 11) is -4.74. The number of esters is 2. The molecule has 0 bridgehead atoms. The largest absolute Gasteiger partial charge is 0.469 e. The third kappa shape index (κ3) is 31.6. The molecule has 0 aliphatic rings. The van der Waals surface area contributed by atoms with Crippen molar-refractivity contribution >= 4 is 19.8 Å². The molecule has 41 heavy (non-hydrogen) atoms. The maximum atomic E-state index is 12.3. The van der Waals surface area contributed by atoms with E-state index in [-0.39, 0.29) is 19.4 Å². The lowest BCUT2D eigenvalue weighted by Gasteiger charge is -2.18. The first-order chi connectivity index (χ1) is 19.8. The summed E-state index contributed by atoms with van der Waals surface area (Å²) in [5, 5.41) is 0. The van der Waals surface area contributed by atoms with Crippen LogP contribution in [0, 0.1) is 0 Å².